The van der Waals surface area contributed by atoms with Gasteiger partial charge in [0.2, 0.25) is 11.8 Å². The maximum Gasteiger partial charge on any atom is 0.408 e. The summed E-state index contributed by atoms with van der Waals surface area (Å²) >= 11 is 0. The molecule has 1 rings (SSSR count). The first-order valence-electron chi connectivity index (χ1n) is 13.0. The summed E-state index contributed by atoms with van der Waals surface area (Å²) in [6.07, 6.45) is 1.63. The van der Waals surface area contributed by atoms with Gasteiger partial charge in [0.15, 0.2) is 0 Å². The fourth-order valence-corrected chi connectivity index (χ4v) is 4.10. The average molecular weight is 506 g/mol. The number of benzene rings is 1. The van der Waals surface area contributed by atoms with Crippen molar-refractivity contribution in [2.24, 2.45) is 5.92 Å². The normalized spacial score (nSPS) is 14.8. The molecule has 0 saturated carbocycles. The van der Waals surface area contributed by atoms with E-state index < -0.39 is 29.7 Å². The molecule has 4 unspecified atom stereocenters. The van der Waals surface area contributed by atoms with Crippen LogP contribution in [0.1, 0.15) is 90.5 Å². The molecule has 0 aliphatic rings. The number of amides is 3. The number of carbonyl (C=O) groups excluding carboxylic acids is 3. The monoisotopic (exact) mass is 505 g/mol. The van der Waals surface area contributed by atoms with E-state index >= 15 is 0 Å². The molecule has 0 aliphatic heterocycles. The van der Waals surface area contributed by atoms with Crippen LogP contribution in [0.3, 0.4) is 0 Å². The van der Waals surface area contributed by atoms with E-state index in [-0.39, 0.29) is 31.0 Å². The summed E-state index contributed by atoms with van der Waals surface area (Å²) in [7, 11) is 0. The molecule has 1 aromatic rings. The Morgan fingerprint density at radius 2 is 1.72 bits per heavy atom. The molecule has 1 aromatic carbocycles. The van der Waals surface area contributed by atoms with Gasteiger partial charge in [0.1, 0.15) is 17.7 Å². The smallest absolute Gasteiger partial charge is 0.408 e. The molecule has 0 heterocycles. The molecule has 3 N–H and O–H groups in total. The molecule has 204 valence electrons. The van der Waals surface area contributed by atoms with Crippen LogP contribution in [0.5, 0.6) is 0 Å². The Hall–Kier alpha value is -2.61. The third-order valence-corrected chi connectivity index (χ3v) is 6.17. The Morgan fingerprint density at radius 1 is 1.08 bits per heavy atom. The maximum absolute atomic E-state index is 14.0. The number of nitrogens with one attached hydrogen (secondary N) is 2. The minimum Gasteiger partial charge on any atom is -0.444 e. The number of aliphatic hydroxyl groups is 1. The number of alkyl carbamates (subject to hydrolysis) is 1. The van der Waals surface area contributed by atoms with Crippen molar-refractivity contribution in [2.45, 2.75) is 105 Å². The van der Waals surface area contributed by atoms with Crippen LogP contribution in [0.15, 0.2) is 18.2 Å². The van der Waals surface area contributed by atoms with Gasteiger partial charge in [0, 0.05) is 12.6 Å². The van der Waals surface area contributed by atoms with Crippen molar-refractivity contribution in [1.29, 1.82) is 0 Å². The minimum absolute atomic E-state index is 0.0601. The standard InChI is InChI=1S/C28H47N3O5/c1-10-12-21(6)29-25(33)24(22-17-18(3)13-14-20(22)5)31(15-16-32)26(34)23(19(4)11-2)30-27(35)36-28(7,8)9/h13-14,17,19,21,23-24,32H,10-12,15-16H2,1-9H3,(H,29,33)(H,30,35). The highest BCUT2D eigenvalue weighted by molar-refractivity contribution is 5.92. The SMILES string of the molecule is CCCC(C)NC(=O)C(c1cc(C)ccc1C)N(CCO)C(=O)C(NC(=O)OC(C)(C)C)C(C)CC. The number of hydrogen-bond donors (Lipinski definition) is 3. The van der Waals surface area contributed by atoms with Crippen LogP contribution in [-0.4, -0.2) is 58.8 Å². The quantitative estimate of drug-likeness (QED) is 0.390. The molecule has 3 amide bonds. The predicted molar refractivity (Wildman–Crippen MR) is 143 cm³/mol. The van der Waals surface area contributed by atoms with Gasteiger partial charge in [0.05, 0.1) is 6.61 Å². The van der Waals surface area contributed by atoms with Crippen molar-refractivity contribution in [3.63, 3.8) is 0 Å². The summed E-state index contributed by atoms with van der Waals surface area (Å²) in [5.41, 5.74) is 1.78. The fraction of sp³-hybridized carbons (Fsp3) is 0.679. The Bertz CT molecular complexity index is 880. The molecule has 0 aliphatic carbocycles. The van der Waals surface area contributed by atoms with Gasteiger partial charge in [-0.05, 0) is 65.0 Å². The van der Waals surface area contributed by atoms with E-state index in [9.17, 15) is 19.5 Å². The van der Waals surface area contributed by atoms with E-state index in [2.05, 4.69) is 10.6 Å². The minimum atomic E-state index is -0.962. The highest BCUT2D eigenvalue weighted by Gasteiger charge is 2.38. The van der Waals surface area contributed by atoms with Crippen molar-refractivity contribution in [1.82, 2.24) is 15.5 Å². The molecule has 0 bridgehead atoms. The number of aryl methyl sites for hydroxylation is 2. The largest absolute Gasteiger partial charge is 0.444 e. The van der Waals surface area contributed by atoms with Gasteiger partial charge in [-0.25, -0.2) is 4.79 Å². The second-order valence-corrected chi connectivity index (χ2v) is 10.7. The van der Waals surface area contributed by atoms with Crippen molar-refractivity contribution < 1.29 is 24.2 Å². The number of nitrogens with zero attached hydrogens (tertiary/aromatic N) is 1. The van der Waals surface area contributed by atoms with E-state index in [1.807, 2.05) is 59.7 Å². The molecule has 0 radical (unpaired) electrons. The molecule has 0 aromatic heterocycles. The lowest BCUT2D eigenvalue weighted by atomic mass is 9.93. The Labute approximate surface area is 217 Å². The molecular formula is C28H47N3O5. The van der Waals surface area contributed by atoms with Crippen LogP contribution >= 0.6 is 0 Å². The predicted octanol–water partition coefficient (Wildman–Crippen LogP) is 4.41. The number of ether oxygens (including phenoxy) is 1. The zero-order chi connectivity index (χ0) is 27.6. The van der Waals surface area contributed by atoms with Crippen molar-refractivity contribution in [2.75, 3.05) is 13.2 Å². The van der Waals surface area contributed by atoms with Crippen LogP contribution in [0, 0.1) is 19.8 Å². The Morgan fingerprint density at radius 3 is 2.25 bits per heavy atom. The van der Waals surface area contributed by atoms with E-state index in [1.54, 1.807) is 20.8 Å². The van der Waals surface area contributed by atoms with E-state index in [0.29, 0.717) is 12.0 Å². The zero-order valence-electron chi connectivity index (χ0n) is 23.6. The lowest BCUT2D eigenvalue weighted by Crippen LogP contribution is -2.56. The first-order valence-corrected chi connectivity index (χ1v) is 13.0. The topological polar surface area (TPSA) is 108 Å². The molecular weight excluding hydrogens is 458 g/mol. The molecule has 8 nitrogen and oxygen atoms in total. The highest BCUT2D eigenvalue weighted by atomic mass is 16.6. The van der Waals surface area contributed by atoms with Gasteiger partial charge in [-0.15, -0.1) is 0 Å². The zero-order valence-corrected chi connectivity index (χ0v) is 23.6. The van der Waals surface area contributed by atoms with Crippen LogP contribution in [0.25, 0.3) is 0 Å². The molecule has 36 heavy (non-hydrogen) atoms. The van der Waals surface area contributed by atoms with Crippen LogP contribution in [0.4, 0.5) is 4.79 Å². The molecule has 0 fully saturated rings. The summed E-state index contributed by atoms with van der Waals surface area (Å²) in [6, 6.07) is 3.82. The Balaban J connectivity index is 3.54. The number of rotatable bonds is 12. The maximum atomic E-state index is 14.0. The van der Waals surface area contributed by atoms with Crippen LogP contribution in [-0.2, 0) is 14.3 Å². The lowest BCUT2D eigenvalue weighted by Gasteiger charge is -2.36. The third-order valence-electron chi connectivity index (χ3n) is 6.17. The Kier molecular flexibility index (Phi) is 12.4. The van der Waals surface area contributed by atoms with Crippen molar-refractivity contribution in [3.8, 4) is 0 Å². The van der Waals surface area contributed by atoms with Crippen LogP contribution in [0.2, 0.25) is 0 Å². The highest BCUT2D eigenvalue weighted by Crippen LogP contribution is 2.28. The first-order chi connectivity index (χ1) is 16.7. The van der Waals surface area contributed by atoms with E-state index in [4.69, 9.17) is 4.74 Å². The van der Waals surface area contributed by atoms with Crippen molar-refractivity contribution >= 4 is 17.9 Å². The summed E-state index contributed by atoms with van der Waals surface area (Å²) in [4.78, 5) is 41.7. The number of aliphatic hydroxyl groups excluding tert-OH is 1. The van der Waals surface area contributed by atoms with Crippen molar-refractivity contribution in [3.05, 3.63) is 34.9 Å². The number of carbonyl (C=O) groups is 3. The second-order valence-electron chi connectivity index (χ2n) is 10.7. The summed E-state index contributed by atoms with van der Waals surface area (Å²) in [5.74, 6) is -0.979. The van der Waals surface area contributed by atoms with Crippen LogP contribution < -0.4 is 10.6 Å². The number of hydrogen-bond acceptors (Lipinski definition) is 5. The molecule has 4 atom stereocenters. The lowest BCUT2D eigenvalue weighted by molar-refractivity contribution is -0.144. The van der Waals surface area contributed by atoms with Gasteiger partial charge < -0.3 is 25.4 Å². The van der Waals surface area contributed by atoms with Gasteiger partial charge in [-0.2, -0.15) is 0 Å². The van der Waals surface area contributed by atoms with Gasteiger partial charge in [-0.1, -0.05) is 57.4 Å². The third kappa shape index (κ3) is 9.45. The van der Waals surface area contributed by atoms with Gasteiger partial charge in [0.25, 0.3) is 0 Å². The fourth-order valence-electron chi connectivity index (χ4n) is 4.10. The second kappa shape index (κ2) is 14.2. The summed E-state index contributed by atoms with van der Waals surface area (Å²) in [6.45, 7) is 16.5. The molecule has 0 saturated heterocycles. The summed E-state index contributed by atoms with van der Waals surface area (Å²) < 4.78 is 5.41. The first kappa shape index (κ1) is 31.4. The average Bonchev–Trinajstić information content (AvgIpc) is 2.77. The van der Waals surface area contributed by atoms with Gasteiger partial charge in [-0.3, -0.25) is 9.59 Å². The van der Waals surface area contributed by atoms with Gasteiger partial charge >= 0.3 is 6.09 Å². The van der Waals surface area contributed by atoms with E-state index in [0.717, 1.165) is 24.0 Å². The van der Waals surface area contributed by atoms with E-state index in [1.165, 1.54) is 4.90 Å². The molecule has 8 heteroatoms. The molecule has 0 spiro atoms. The summed E-state index contributed by atoms with van der Waals surface area (Å²) in [5, 5.41) is 15.7.